The molecule has 0 amide bonds. The van der Waals surface area contributed by atoms with Crippen LogP contribution in [-0.2, 0) is 0 Å². The molecule has 0 unspecified atom stereocenters. The Labute approximate surface area is 205 Å². The maximum atomic E-state index is 13.5. The lowest BCUT2D eigenvalue weighted by Gasteiger charge is -2.05. The Balaban J connectivity index is 1.87. The fourth-order valence-electron chi connectivity index (χ4n) is 3.67. The zero-order valence-corrected chi connectivity index (χ0v) is 19.2. The van der Waals surface area contributed by atoms with E-state index in [-0.39, 0.29) is 44.0 Å². The van der Waals surface area contributed by atoms with Gasteiger partial charge < -0.3 is 13.9 Å². The summed E-state index contributed by atoms with van der Waals surface area (Å²) in [7, 11) is 0. The van der Waals surface area contributed by atoms with Crippen molar-refractivity contribution in [3.8, 4) is 5.75 Å². The van der Waals surface area contributed by atoms with Crippen molar-refractivity contribution in [3.05, 3.63) is 109 Å². The summed E-state index contributed by atoms with van der Waals surface area (Å²) in [6, 6.07) is 14.3. The number of aromatic hydroxyl groups is 1. The summed E-state index contributed by atoms with van der Waals surface area (Å²) in [4.78, 5) is 40.0. The first-order valence-electron chi connectivity index (χ1n) is 9.77. The molecule has 9 heteroatoms. The van der Waals surface area contributed by atoms with Gasteiger partial charge in [0.25, 0.3) is 0 Å². The highest BCUT2D eigenvalue weighted by atomic mass is 35.5. The predicted molar refractivity (Wildman–Crippen MR) is 129 cm³/mol. The number of hydrogen-bond acceptors (Lipinski definition) is 6. The highest BCUT2D eigenvalue weighted by molar-refractivity contribution is 6.33. The number of hydrogen-bond donors (Lipinski definition) is 1. The number of carbonyl (C=O) groups excluding carboxylic acids is 2. The molecular formula is C25H11Cl3O6. The summed E-state index contributed by atoms with van der Waals surface area (Å²) in [6.07, 6.45) is 0. The number of fused-ring (bicyclic) bond motifs is 3. The lowest BCUT2D eigenvalue weighted by molar-refractivity contribution is 0.0984. The van der Waals surface area contributed by atoms with Crippen LogP contribution >= 0.6 is 34.8 Å². The molecule has 168 valence electrons. The molecule has 0 spiro atoms. The maximum absolute atomic E-state index is 13.5. The molecule has 5 aromatic rings. The van der Waals surface area contributed by atoms with E-state index in [9.17, 15) is 19.5 Å². The van der Waals surface area contributed by atoms with E-state index in [4.69, 9.17) is 43.6 Å². The fraction of sp³-hybridized carbons (Fsp3) is 0. The first kappa shape index (κ1) is 22.2. The standard InChI is InChI=1S/C25H11Cl3O6/c26-12-3-1-11(2-4-12)21(30)19-20-23(16-10-14(28)6-8-18(16)33-25(20)32)34-24(19)22(31)15-9-13(27)5-7-17(15)29/h1-10,29H. The molecule has 0 saturated carbocycles. The van der Waals surface area contributed by atoms with Crippen molar-refractivity contribution in [1.29, 1.82) is 0 Å². The van der Waals surface area contributed by atoms with Gasteiger partial charge in [-0.15, -0.1) is 0 Å². The lowest BCUT2D eigenvalue weighted by Crippen LogP contribution is -2.12. The summed E-state index contributed by atoms with van der Waals surface area (Å²) < 4.78 is 11.2. The number of benzene rings is 3. The Morgan fingerprint density at radius 3 is 2.15 bits per heavy atom. The minimum Gasteiger partial charge on any atom is -0.507 e. The molecule has 0 aliphatic carbocycles. The van der Waals surface area contributed by atoms with E-state index in [1.165, 1.54) is 60.7 Å². The van der Waals surface area contributed by atoms with Gasteiger partial charge in [0.1, 0.15) is 16.7 Å². The van der Waals surface area contributed by atoms with E-state index in [1.807, 2.05) is 0 Å². The second kappa shape index (κ2) is 8.33. The number of phenolic OH excluding ortho intramolecular Hbond substituents is 1. The molecule has 2 aromatic heterocycles. The summed E-state index contributed by atoms with van der Waals surface area (Å²) in [5.74, 6) is -2.34. The molecule has 6 nitrogen and oxygen atoms in total. The van der Waals surface area contributed by atoms with Gasteiger partial charge in [-0.3, -0.25) is 9.59 Å². The second-order valence-electron chi connectivity index (χ2n) is 7.37. The molecule has 0 saturated heterocycles. The van der Waals surface area contributed by atoms with Gasteiger partial charge in [0.15, 0.2) is 17.1 Å². The van der Waals surface area contributed by atoms with Crippen molar-refractivity contribution < 1.29 is 23.5 Å². The third-order valence-electron chi connectivity index (χ3n) is 5.24. The Morgan fingerprint density at radius 2 is 1.41 bits per heavy atom. The number of furan rings is 1. The van der Waals surface area contributed by atoms with Crippen LogP contribution in [0.1, 0.15) is 32.0 Å². The fourth-order valence-corrected chi connectivity index (χ4v) is 4.14. The number of carbonyl (C=O) groups is 2. The van der Waals surface area contributed by atoms with Crippen LogP contribution in [-0.4, -0.2) is 16.7 Å². The van der Waals surface area contributed by atoms with Gasteiger partial charge in [-0.25, -0.2) is 4.79 Å². The summed E-state index contributed by atoms with van der Waals surface area (Å²) in [5.41, 5.74) is -1.12. The SMILES string of the molecule is O=C(c1cc(Cl)ccc1O)c1oc2c(c1C(=O)c1ccc(Cl)cc1)c(=O)oc1ccc(Cl)cc12. The number of rotatable bonds is 4. The van der Waals surface area contributed by atoms with Gasteiger partial charge in [0.05, 0.1) is 16.5 Å². The van der Waals surface area contributed by atoms with Gasteiger partial charge in [0, 0.05) is 20.6 Å². The van der Waals surface area contributed by atoms with Crippen LogP contribution < -0.4 is 5.63 Å². The molecule has 0 fully saturated rings. The van der Waals surface area contributed by atoms with Crippen molar-refractivity contribution >= 4 is 68.3 Å². The first-order valence-corrected chi connectivity index (χ1v) is 10.9. The Hall–Kier alpha value is -3.58. The second-order valence-corrected chi connectivity index (χ2v) is 8.68. The van der Waals surface area contributed by atoms with Crippen molar-refractivity contribution in [2.24, 2.45) is 0 Å². The first-order chi connectivity index (χ1) is 16.2. The molecule has 1 N–H and O–H groups in total. The average Bonchev–Trinajstić information content (AvgIpc) is 3.22. The number of ketones is 2. The summed E-state index contributed by atoms with van der Waals surface area (Å²) >= 11 is 18.1. The molecule has 34 heavy (non-hydrogen) atoms. The topological polar surface area (TPSA) is 97.7 Å². The van der Waals surface area contributed by atoms with Gasteiger partial charge >= 0.3 is 5.63 Å². The monoisotopic (exact) mass is 512 g/mol. The van der Waals surface area contributed by atoms with Crippen LogP contribution in [0.25, 0.3) is 21.9 Å². The Bertz CT molecular complexity index is 1700. The predicted octanol–water partition coefficient (Wildman–Crippen LogP) is 6.67. The summed E-state index contributed by atoms with van der Waals surface area (Å²) in [6.45, 7) is 0. The van der Waals surface area contributed by atoms with Crippen LogP contribution in [0.3, 0.4) is 0 Å². The van der Waals surface area contributed by atoms with Gasteiger partial charge in [-0.05, 0) is 60.7 Å². The smallest absolute Gasteiger partial charge is 0.348 e. The van der Waals surface area contributed by atoms with Crippen molar-refractivity contribution in [1.82, 2.24) is 0 Å². The molecule has 5 rings (SSSR count). The van der Waals surface area contributed by atoms with E-state index < -0.39 is 23.0 Å². The largest absolute Gasteiger partial charge is 0.507 e. The molecule has 3 aromatic carbocycles. The Morgan fingerprint density at radius 1 is 0.765 bits per heavy atom. The van der Waals surface area contributed by atoms with Crippen LogP contribution in [0, 0.1) is 0 Å². The molecular weight excluding hydrogens is 503 g/mol. The molecule has 0 aliphatic heterocycles. The molecule has 0 radical (unpaired) electrons. The molecule has 0 bridgehead atoms. The average molecular weight is 514 g/mol. The molecule has 0 atom stereocenters. The Kier molecular flexibility index (Phi) is 5.44. The van der Waals surface area contributed by atoms with E-state index >= 15 is 0 Å². The number of phenols is 1. The molecule has 0 aliphatic rings. The van der Waals surface area contributed by atoms with Crippen molar-refractivity contribution in [3.63, 3.8) is 0 Å². The number of halogens is 3. The maximum Gasteiger partial charge on any atom is 0.348 e. The van der Waals surface area contributed by atoms with Gasteiger partial charge in [0.2, 0.25) is 5.78 Å². The third kappa shape index (κ3) is 3.66. The lowest BCUT2D eigenvalue weighted by atomic mass is 9.97. The minimum atomic E-state index is -0.875. The van der Waals surface area contributed by atoms with E-state index in [2.05, 4.69) is 0 Å². The van der Waals surface area contributed by atoms with E-state index in [1.54, 1.807) is 0 Å². The van der Waals surface area contributed by atoms with Gasteiger partial charge in [-0.1, -0.05) is 34.8 Å². The quantitative estimate of drug-likeness (QED) is 0.213. The molecule has 2 heterocycles. The summed E-state index contributed by atoms with van der Waals surface area (Å²) in [5, 5.41) is 11.2. The van der Waals surface area contributed by atoms with Crippen LogP contribution in [0.5, 0.6) is 5.75 Å². The minimum absolute atomic E-state index is 0.0454. The zero-order chi connectivity index (χ0) is 24.1. The third-order valence-corrected chi connectivity index (χ3v) is 5.97. The van der Waals surface area contributed by atoms with Crippen LogP contribution in [0.15, 0.2) is 74.3 Å². The highest BCUT2D eigenvalue weighted by Gasteiger charge is 2.32. The van der Waals surface area contributed by atoms with Crippen molar-refractivity contribution in [2.45, 2.75) is 0 Å². The highest BCUT2D eigenvalue weighted by Crippen LogP contribution is 2.35. The normalized spacial score (nSPS) is 11.3. The zero-order valence-electron chi connectivity index (χ0n) is 16.9. The van der Waals surface area contributed by atoms with Crippen LogP contribution in [0.4, 0.5) is 0 Å². The van der Waals surface area contributed by atoms with E-state index in [0.717, 1.165) is 0 Å². The van der Waals surface area contributed by atoms with Gasteiger partial charge in [-0.2, -0.15) is 0 Å². The van der Waals surface area contributed by atoms with E-state index in [0.29, 0.717) is 15.4 Å². The van der Waals surface area contributed by atoms with Crippen molar-refractivity contribution in [2.75, 3.05) is 0 Å². The van der Waals surface area contributed by atoms with Crippen LogP contribution in [0.2, 0.25) is 15.1 Å².